The average molecular weight is 1180 g/mol. The summed E-state index contributed by atoms with van der Waals surface area (Å²) in [5, 5.41) is 0. The molecule has 0 spiro atoms. The van der Waals surface area contributed by atoms with Crippen LogP contribution in [0.1, 0.15) is 89.2 Å². The van der Waals surface area contributed by atoms with Crippen molar-refractivity contribution in [1.82, 2.24) is 14.9 Å². The smallest absolute Gasteiger partial charge is 0.355 e. The first-order chi connectivity index (χ1) is 36.4. The molecule has 32 heteroatoms. The molecule has 2 fully saturated rings. The summed E-state index contributed by atoms with van der Waals surface area (Å²) in [7, 11) is 0. The van der Waals surface area contributed by atoms with Crippen LogP contribution in [-0.2, 0) is 61.0 Å². The molecule has 3 aliphatic heterocycles. The lowest BCUT2D eigenvalue weighted by Crippen LogP contribution is -2.45. The highest BCUT2D eigenvalue weighted by Crippen LogP contribution is 2.53. The summed E-state index contributed by atoms with van der Waals surface area (Å²) in [6.45, 7) is -5.45. The Morgan fingerprint density at radius 3 is 1.07 bits per heavy atom. The number of imide groups is 1. The molecule has 2 aromatic heterocycles. The summed E-state index contributed by atoms with van der Waals surface area (Å²) in [4.78, 5) is 34.7. The second kappa shape index (κ2) is 20.2. The number of benzene rings is 3. The van der Waals surface area contributed by atoms with Crippen LogP contribution < -0.4 is 15.5 Å². The van der Waals surface area contributed by atoms with E-state index >= 15 is 0 Å². The third-order valence-electron chi connectivity index (χ3n) is 13.5. The summed E-state index contributed by atoms with van der Waals surface area (Å²) in [5.74, 6) is -3.06. The number of halogens is 24. The third-order valence-corrected chi connectivity index (χ3v) is 13.5. The summed E-state index contributed by atoms with van der Waals surface area (Å²) < 4.78 is 329. The zero-order valence-electron chi connectivity index (χ0n) is 39.4. The van der Waals surface area contributed by atoms with E-state index < -0.39 is 191 Å². The van der Waals surface area contributed by atoms with E-state index in [1.54, 1.807) is 0 Å². The molecular formula is C48H32F24N6O2. The molecule has 2 unspecified atom stereocenters. The second-order valence-corrected chi connectivity index (χ2v) is 18.4. The number of anilines is 2. The van der Waals surface area contributed by atoms with E-state index in [0.717, 1.165) is 4.90 Å². The number of carbonyl (C=O) groups excluding carboxylic acids is 2. The van der Waals surface area contributed by atoms with Gasteiger partial charge in [0.15, 0.2) is 0 Å². The van der Waals surface area contributed by atoms with Crippen LogP contribution in [-0.4, -0.2) is 65.2 Å². The predicted octanol–water partition coefficient (Wildman–Crippen LogP) is 14.0. The van der Waals surface area contributed by atoms with Crippen molar-refractivity contribution in [3.63, 3.8) is 0 Å². The number of fused-ring (bicyclic) bond motifs is 1. The molecule has 8 nitrogen and oxygen atoms in total. The minimum Gasteiger partial charge on any atom is -0.355 e. The van der Waals surface area contributed by atoms with Crippen LogP contribution >= 0.6 is 0 Å². The van der Waals surface area contributed by atoms with E-state index in [2.05, 4.69) is 9.97 Å². The highest BCUT2D eigenvalue weighted by Gasteiger charge is 2.62. The summed E-state index contributed by atoms with van der Waals surface area (Å²) in [6, 6.07) is 5.50. The normalized spacial score (nSPS) is 19.7. The van der Waals surface area contributed by atoms with Crippen molar-refractivity contribution in [1.29, 1.82) is 0 Å². The standard InChI is InChI=1S/C28H17F12N3O2.C20H15F12N3/c29-25(30,31)16-7-15(8-17(9-16)26(32,33)34)24(28(38,39)40)5-6-42(13-24)21-10-20(27(35,36)37)14(11-41-21)12-43-22(44)18-3-1-2-4-19(18)23(43)45;21-17(22,23)12-3-11(4-13(5-12)18(24,25)26)16(20(30,31)32)1-2-35(9-16)15-6-14(19(27,28)29)10(7-33)8-34-15/h1-4,7-11H,5-6,12-13H2;3-6,8H,1-2,7,9,33H2. The molecular weight excluding hydrogens is 1150 g/mol. The summed E-state index contributed by atoms with van der Waals surface area (Å²) >= 11 is 0. The Morgan fingerprint density at radius 1 is 0.450 bits per heavy atom. The molecule has 5 aromatic rings. The quantitative estimate of drug-likeness (QED) is 0.128. The van der Waals surface area contributed by atoms with Gasteiger partial charge in [0.2, 0.25) is 0 Å². The van der Waals surface area contributed by atoms with Crippen LogP contribution in [0.15, 0.2) is 85.2 Å². The van der Waals surface area contributed by atoms with Gasteiger partial charge >= 0.3 is 49.4 Å². The molecule has 0 aliphatic carbocycles. The van der Waals surface area contributed by atoms with Crippen LogP contribution in [0.5, 0.6) is 0 Å². The van der Waals surface area contributed by atoms with Crippen LogP contribution in [0.3, 0.4) is 0 Å². The molecule has 2 amide bonds. The molecule has 0 saturated carbocycles. The van der Waals surface area contributed by atoms with Crippen molar-refractivity contribution in [3.05, 3.63) is 152 Å². The highest BCUT2D eigenvalue weighted by molar-refractivity contribution is 6.21. The van der Waals surface area contributed by atoms with Crippen molar-refractivity contribution >= 4 is 23.5 Å². The Balaban J connectivity index is 0.000000239. The number of amides is 2. The maximum atomic E-state index is 14.5. The Labute approximate surface area is 432 Å². The lowest BCUT2D eigenvalue weighted by atomic mass is 9.77. The number of aromatic nitrogens is 2. The number of hydrogen-bond donors (Lipinski definition) is 1. The molecule has 434 valence electrons. The van der Waals surface area contributed by atoms with Gasteiger partial charge in [-0.3, -0.25) is 14.5 Å². The molecule has 0 bridgehead atoms. The van der Waals surface area contributed by atoms with Gasteiger partial charge in [0.25, 0.3) is 11.8 Å². The van der Waals surface area contributed by atoms with Crippen molar-refractivity contribution < 1.29 is 115 Å². The molecule has 3 aromatic carbocycles. The van der Waals surface area contributed by atoms with Gasteiger partial charge in [-0.2, -0.15) is 105 Å². The number of pyridine rings is 2. The minimum absolute atomic E-state index is 0.0156. The van der Waals surface area contributed by atoms with E-state index in [4.69, 9.17) is 5.73 Å². The first-order valence-corrected chi connectivity index (χ1v) is 22.4. The van der Waals surface area contributed by atoms with Gasteiger partial charge in [0.1, 0.15) is 22.5 Å². The molecule has 2 saturated heterocycles. The van der Waals surface area contributed by atoms with E-state index in [1.807, 2.05) is 0 Å². The number of hydrogen-bond acceptors (Lipinski definition) is 7. The van der Waals surface area contributed by atoms with Gasteiger partial charge in [-0.15, -0.1) is 0 Å². The van der Waals surface area contributed by atoms with Crippen molar-refractivity contribution in [2.45, 2.75) is 86.2 Å². The monoisotopic (exact) mass is 1180 g/mol. The number of alkyl halides is 24. The van der Waals surface area contributed by atoms with Gasteiger partial charge in [-0.05, 0) is 90.2 Å². The second-order valence-electron chi connectivity index (χ2n) is 18.4. The molecule has 3 aliphatic rings. The lowest BCUT2D eigenvalue weighted by molar-refractivity contribution is -0.185. The van der Waals surface area contributed by atoms with Crippen molar-refractivity contribution in [2.24, 2.45) is 5.73 Å². The van der Waals surface area contributed by atoms with Gasteiger partial charge < -0.3 is 15.5 Å². The molecule has 2 atom stereocenters. The highest BCUT2D eigenvalue weighted by atomic mass is 19.4. The number of carbonyl (C=O) groups is 2. The molecule has 0 radical (unpaired) electrons. The number of rotatable bonds is 7. The van der Waals surface area contributed by atoms with Gasteiger partial charge in [-0.1, -0.05) is 12.1 Å². The number of nitrogens with two attached hydrogens (primary N) is 1. The van der Waals surface area contributed by atoms with E-state index in [9.17, 15) is 115 Å². The van der Waals surface area contributed by atoms with Crippen molar-refractivity contribution in [2.75, 3.05) is 36.0 Å². The average Bonchev–Trinajstić information content (AvgIpc) is 4.14. The molecule has 80 heavy (non-hydrogen) atoms. The topological polar surface area (TPSA) is 95.7 Å². The fourth-order valence-electron chi connectivity index (χ4n) is 9.40. The van der Waals surface area contributed by atoms with Crippen molar-refractivity contribution in [3.8, 4) is 0 Å². The third kappa shape index (κ3) is 11.8. The Kier molecular flexibility index (Phi) is 15.3. The maximum Gasteiger partial charge on any atom is 0.416 e. The van der Waals surface area contributed by atoms with Crippen LogP contribution in [0.2, 0.25) is 0 Å². The van der Waals surface area contributed by atoms with Gasteiger partial charge in [0.05, 0.1) is 51.1 Å². The fraction of sp³-hybridized carbons (Fsp3) is 0.375. The van der Waals surface area contributed by atoms with Crippen LogP contribution in [0.4, 0.5) is 117 Å². The molecule has 2 N–H and O–H groups in total. The first kappa shape index (κ1) is 60.6. The largest absolute Gasteiger partial charge is 0.416 e. The molecule has 8 rings (SSSR count). The van der Waals surface area contributed by atoms with Crippen LogP contribution in [0, 0.1) is 0 Å². The number of nitrogens with zero attached hydrogens (tertiary/aromatic N) is 5. The first-order valence-electron chi connectivity index (χ1n) is 22.4. The predicted molar refractivity (Wildman–Crippen MR) is 229 cm³/mol. The van der Waals surface area contributed by atoms with E-state index in [1.165, 1.54) is 24.3 Å². The Morgan fingerprint density at radius 2 is 0.775 bits per heavy atom. The summed E-state index contributed by atoms with van der Waals surface area (Å²) in [6.07, 6.45) is -43.4. The zero-order chi connectivity index (χ0) is 59.9. The Hall–Kier alpha value is -7.02. The van der Waals surface area contributed by atoms with E-state index in [0.29, 0.717) is 34.3 Å². The van der Waals surface area contributed by atoms with Gasteiger partial charge in [-0.25, -0.2) is 9.97 Å². The lowest BCUT2D eigenvalue weighted by Gasteiger charge is -2.33. The summed E-state index contributed by atoms with van der Waals surface area (Å²) in [5.41, 5.74) is -15.8. The maximum absolute atomic E-state index is 14.5. The fourth-order valence-corrected chi connectivity index (χ4v) is 9.40. The zero-order valence-corrected chi connectivity index (χ0v) is 39.4. The van der Waals surface area contributed by atoms with E-state index in [-0.39, 0.29) is 47.5 Å². The van der Waals surface area contributed by atoms with Crippen LogP contribution in [0.25, 0.3) is 0 Å². The molecule has 5 heterocycles. The Bertz CT molecular complexity index is 3070. The minimum atomic E-state index is -5.44. The van der Waals surface area contributed by atoms with Gasteiger partial charge in [0, 0.05) is 50.7 Å². The SMILES string of the molecule is NCc1cnc(N2CCC(c3cc(C(F)(F)F)cc(C(F)(F)F)c3)(C(F)(F)F)C2)cc1C(F)(F)F.O=C1c2ccccc2C(=O)N1Cc1cnc(N2CCC(c3cc(C(F)(F)F)cc(C(F)(F)F)c3)(C(F)(F)F)C2)cc1C(F)(F)F.